The number of nitrogens with zero attached hydrogens (tertiary/aromatic N) is 1. The summed E-state index contributed by atoms with van der Waals surface area (Å²) in [4.78, 5) is 4.58. The molecule has 27 heavy (non-hydrogen) atoms. The number of benzene rings is 1. The Balaban J connectivity index is 1.49. The molecular formula is C24H28FNO. The minimum absolute atomic E-state index is 0.219. The highest BCUT2D eigenvalue weighted by Crippen LogP contribution is 2.49. The summed E-state index contributed by atoms with van der Waals surface area (Å²) in [6, 6.07) is 10.7. The van der Waals surface area contributed by atoms with Gasteiger partial charge in [-0.15, -0.1) is 0 Å². The summed E-state index contributed by atoms with van der Waals surface area (Å²) >= 11 is 0. The summed E-state index contributed by atoms with van der Waals surface area (Å²) < 4.78 is 18.9. The van der Waals surface area contributed by atoms with E-state index in [-0.39, 0.29) is 5.82 Å². The molecule has 142 valence electrons. The number of aromatic nitrogens is 1. The molecule has 0 radical (unpaired) electrons. The molecule has 0 saturated heterocycles. The summed E-state index contributed by atoms with van der Waals surface area (Å²) in [7, 11) is 1.81. The lowest BCUT2D eigenvalue weighted by Gasteiger charge is -2.28. The molecule has 0 unspecified atom stereocenters. The van der Waals surface area contributed by atoms with E-state index in [1.807, 2.05) is 31.5 Å². The van der Waals surface area contributed by atoms with E-state index in [2.05, 4.69) is 17.1 Å². The zero-order valence-corrected chi connectivity index (χ0v) is 16.0. The van der Waals surface area contributed by atoms with Crippen LogP contribution >= 0.6 is 0 Å². The van der Waals surface area contributed by atoms with Crippen LogP contribution in [-0.4, -0.2) is 18.7 Å². The van der Waals surface area contributed by atoms with Gasteiger partial charge in [0.05, 0.1) is 5.69 Å². The SMILES string of the molecule is COC[C@H]1C[C@H]2CCCC[C@H]2[C@@H]1C=Cc1ccc(-c2cccc(F)c2)cn1. The fraction of sp³-hybridized carbons (Fsp3) is 0.458. The van der Waals surface area contributed by atoms with Gasteiger partial charge in [0.25, 0.3) is 0 Å². The molecule has 2 aliphatic carbocycles. The van der Waals surface area contributed by atoms with E-state index in [0.717, 1.165) is 35.3 Å². The lowest BCUT2D eigenvalue weighted by Crippen LogP contribution is -2.20. The Kier molecular flexibility index (Phi) is 5.68. The number of ether oxygens (including phenoxy) is 1. The number of halogens is 1. The number of hydrogen-bond donors (Lipinski definition) is 0. The molecule has 0 aliphatic heterocycles. The highest BCUT2D eigenvalue weighted by Gasteiger charge is 2.42. The topological polar surface area (TPSA) is 22.1 Å². The van der Waals surface area contributed by atoms with Crippen molar-refractivity contribution in [3.8, 4) is 11.1 Å². The second-order valence-electron chi connectivity index (χ2n) is 8.08. The Morgan fingerprint density at radius 3 is 2.81 bits per heavy atom. The number of hydrogen-bond acceptors (Lipinski definition) is 2. The molecule has 2 nitrogen and oxygen atoms in total. The monoisotopic (exact) mass is 365 g/mol. The van der Waals surface area contributed by atoms with Crippen molar-refractivity contribution in [2.24, 2.45) is 23.7 Å². The van der Waals surface area contributed by atoms with Crippen molar-refractivity contribution in [2.45, 2.75) is 32.1 Å². The van der Waals surface area contributed by atoms with E-state index >= 15 is 0 Å². The maximum atomic E-state index is 13.4. The van der Waals surface area contributed by atoms with Gasteiger partial charge in [0.15, 0.2) is 0 Å². The Labute approximate surface area is 161 Å². The number of allylic oxidation sites excluding steroid dienone is 1. The zero-order valence-electron chi connectivity index (χ0n) is 16.0. The molecule has 2 aliphatic rings. The van der Waals surface area contributed by atoms with Gasteiger partial charge in [0, 0.05) is 25.5 Å². The Hall–Kier alpha value is -2.00. The van der Waals surface area contributed by atoms with Crippen LogP contribution < -0.4 is 0 Å². The maximum absolute atomic E-state index is 13.4. The molecule has 0 N–H and O–H groups in total. The van der Waals surface area contributed by atoms with Gasteiger partial charge in [-0.3, -0.25) is 4.98 Å². The Bertz CT molecular complexity index is 785. The van der Waals surface area contributed by atoms with Gasteiger partial charge in [-0.25, -0.2) is 4.39 Å². The molecule has 0 spiro atoms. The number of rotatable bonds is 5. The van der Waals surface area contributed by atoms with E-state index in [4.69, 9.17) is 4.74 Å². The van der Waals surface area contributed by atoms with Crippen LogP contribution in [0.2, 0.25) is 0 Å². The van der Waals surface area contributed by atoms with Crippen LogP contribution in [-0.2, 0) is 4.74 Å². The number of fused-ring (bicyclic) bond motifs is 1. The third-order valence-electron chi connectivity index (χ3n) is 6.43. The molecule has 2 fully saturated rings. The van der Waals surface area contributed by atoms with Gasteiger partial charge in [-0.2, -0.15) is 0 Å². The van der Waals surface area contributed by atoms with Gasteiger partial charge in [0.1, 0.15) is 5.82 Å². The summed E-state index contributed by atoms with van der Waals surface area (Å²) in [5, 5.41) is 0. The smallest absolute Gasteiger partial charge is 0.123 e. The molecule has 1 aromatic carbocycles. The quantitative estimate of drug-likeness (QED) is 0.649. The van der Waals surface area contributed by atoms with Crippen LogP contribution in [0, 0.1) is 29.5 Å². The van der Waals surface area contributed by atoms with Crippen molar-refractivity contribution in [3.63, 3.8) is 0 Å². The van der Waals surface area contributed by atoms with Gasteiger partial charge >= 0.3 is 0 Å². The van der Waals surface area contributed by atoms with E-state index in [1.54, 1.807) is 12.1 Å². The average molecular weight is 365 g/mol. The fourth-order valence-electron chi connectivity index (χ4n) is 5.18. The van der Waals surface area contributed by atoms with Crippen LogP contribution in [0.25, 0.3) is 17.2 Å². The molecular weight excluding hydrogens is 337 g/mol. The lowest BCUT2D eigenvalue weighted by molar-refractivity contribution is 0.136. The molecule has 3 heteroatoms. The van der Waals surface area contributed by atoms with E-state index in [0.29, 0.717) is 11.8 Å². The second-order valence-corrected chi connectivity index (χ2v) is 8.08. The normalized spacial score (nSPS) is 27.8. The third kappa shape index (κ3) is 4.14. The van der Waals surface area contributed by atoms with Gasteiger partial charge in [-0.1, -0.05) is 43.5 Å². The minimum atomic E-state index is -0.219. The molecule has 4 atom stereocenters. The van der Waals surface area contributed by atoms with E-state index < -0.39 is 0 Å². The van der Waals surface area contributed by atoms with Crippen molar-refractivity contribution in [1.29, 1.82) is 0 Å². The molecule has 0 bridgehead atoms. The third-order valence-corrected chi connectivity index (χ3v) is 6.43. The van der Waals surface area contributed by atoms with E-state index in [9.17, 15) is 4.39 Å². The van der Waals surface area contributed by atoms with Crippen LogP contribution in [0.4, 0.5) is 4.39 Å². The first-order valence-corrected chi connectivity index (χ1v) is 10.1. The first-order valence-electron chi connectivity index (χ1n) is 10.1. The molecule has 1 aromatic heterocycles. The first-order chi connectivity index (χ1) is 13.2. The van der Waals surface area contributed by atoms with Crippen LogP contribution in [0.3, 0.4) is 0 Å². The van der Waals surface area contributed by atoms with Crippen LogP contribution in [0.1, 0.15) is 37.8 Å². The summed E-state index contributed by atoms with van der Waals surface area (Å²) in [5.41, 5.74) is 2.77. The molecule has 0 amide bonds. The molecule has 2 saturated carbocycles. The number of pyridine rings is 1. The predicted octanol–water partition coefficient (Wildman–Crippen LogP) is 5.99. The van der Waals surface area contributed by atoms with Crippen LogP contribution in [0.5, 0.6) is 0 Å². The van der Waals surface area contributed by atoms with Gasteiger partial charge in [0.2, 0.25) is 0 Å². The summed E-state index contributed by atoms with van der Waals surface area (Å²) in [6.45, 7) is 0.855. The van der Waals surface area contributed by atoms with E-state index in [1.165, 1.54) is 38.2 Å². The first kappa shape index (κ1) is 18.4. The second kappa shape index (κ2) is 8.35. The maximum Gasteiger partial charge on any atom is 0.123 e. The van der Waals surface area contributed by atoms with Gasteiger partial charge in [-0.05, 0) is 66.4 Å². The zero-order chi connectivity index (χ0) is 18.6. The summed E-state index contributed by atoms with van der Waals surface area (Å²) in [6.07, 6.45) is 13.2. The standard InChI is InChI=1S/C24H28FNO/c1-27-16-20-13-18-5-2-3-8-23(18)24(20)12-11-22-10-9-19(15-26-22)17-6-4-7-21(25)14-17/h4,6-7,9-12,14-15,18,20,23-24H,2-3,5,8,13,16H2,1H3/t18-,20-,23-,24-/m1/s1. The highest BCUT2D eigenvalue weighted by atomic mass is 19.1. The highest BCUT2D eigenvalue weighted by molar-refractivity contribution is 5.63. The minimum Gasteiger partial charge on any atom is -0.384 e. The van der Waals surface area contributed by atoms with Crippen LogP contribution in [0.15, 0.2) is 48.7 Å². The molecule has 4 rings (SSSR count). The molecule has 2 aromatic rings. The molecule has 1 heterocycles. The summed E-state index contributed by atoms with van der Waals surface area (Å²) in [5.74, 6) is 2.69. The lowest BCUT2D eigenvalue weighted by atomic mass is 9.77. The Morgan fingerprint density at radius 2 is 2.04 bits per heavy atom. The van der Waals surface area contributed by atoms with Crippen molar-refractivity contribution < 1.29 is 9.13 Å². The number of methoxy groups -OCH3 is 1. The Morgan fingerprint density at radius 1 is 1.15 bits per heavy atom. The fourth-order valence-corrected chi connectivity index (χ4v) is 5.18. The van der Waals surface area contributed by atoms with Crippen molar-refractivity contribution in [2.75, 3.05) is 13.7 Å². The van der Waals surface area contributed by atoms with Crippen molar-refractivity contribution in [3.05, 3.63) is 60.2 Å². The van der Waals surface area contributed by atoms with Crippen molar-refractivity contribution >= 4 is 6.08 Å². The average Bonchev–Trinajstić information content (AvgIpc) is 3.04. The largest absolute Gasteiger partial charge is 0.384 e. The predicted molar refractivity (Wildman–Crippen MR) is 108 cm³/mol. The van der Waals surface area contributed by atoms with Crippen molar-refractivity contribution in [1.82, 2.24) is 4.98 Å². The van der Waals surface area contributed by atoms with Gasteiger partial charge < -0.3 is 4.74 Å².